The van der Waals surface area contributed by atoms with Crippen LogP contribution in [0.3, 0.4) is 0 Å². The maximum Gasteiger partial charge on any atom is 0.272 e. The highest BCUT2D eigenvalue weighted by molar-refractivity contribution is 5.47. The van der Waals surface area contributed by atoms with E-state index < -0.39 is 4.92 Å². The van der Waals surface area contributed by atoms with Crippen LogP contribution in [0.5, 0.6) is 0 Å². The number of aryl methyl sites for hydroxylation is 1. The molecule has 8 nitrogen and oxygen atoms in total. The molecule has 0 aliphatic carbocycles. The topological polar surface area (TPSA) is 98.8 Å². The van der Waals surface area contributed by atoms with Gasteiger partial charge in [-0.25, -0.2) is 0 Å². The summed E-state index contributed by atoms with van der Waals surface area (Å²) in [6.07, 6.45) is 0. The van der Waals surface area contributed by atoms with Crippen molar-refractivity contribution in [1.29, 1.82) is 0 Å². The summed E-state index contributed by atoms with van der Waals surface area (Å²) in [6, 6.07) is 4.77. The lowest BCUT2D eigenvalue weighted by Crippen LogP contribution is -2.12. The number of hydrogen-bond acceptors (Lipinski definition) is 6. The fourth-order valence-electron chi connectivity index (χ4n) is 1.65. The Morgan fingerprint density at radius 2 is 2.28 bits per heavy atom. The minimum Gasteiger partial charge on any atom is -0.313 e. The molecule has 0 spiro atoms. The van der Waals surface area contributed by atoms with Gasteiger partial charge in [0, 0.05) is 11.6 Å². The third-order valence-corrected chi connectivity index (χ3v) is 2.49. The van der Waals surface area contributed by atoms with Gasteiger partial charge >= 0.3 is 0 Å². The molecule has 8 heteroatoms. The van der Waals surface area contributed by atoms with Crippen molar-refractivity contribution in [2.75, 3.05) is 7.05 Å². The van der Waals surface area contributed by atoms with E-state index in [-0.39, 0.29) is 5.69 Å². The van der Waals surface area contributed by atoms with E-state index in [1.165, 1.54) is 6.07 Å². The number of nitro groups is 1. The van der Waals surface area contributed by atoms with Gasteiger partial charge in [-0.1, -0.05) is 0 Å². The lowest BCUT2D eigenvalue weighted by molar-refractivity contribution is -0.385. The van der Waals surface area contributed by atoms with Crippen LogP contribution in [0, 0.1) is 17.0 Å². The maximum atomic E-state index is 10.7. The maximum absolute atomic E-state index is 10.7. The molecular formula is C10H12N6O2. The number of nitrogens with one attached hydrogen (secondary N) is 1. The van der Waals surface area contributed by atoms with E-state index in [0.717, 1.165) is 0 Å². The highest BCUT2D eigenvalue weighted by Crippen LogP contribution is 2.20. The molecule has 0 bridgehead atoms. The third kappa shape index (κ3) is 2.18. The molecule has 1 N–H and O–H groups in total. The molecule has 0 saturated heterocycles. The van der Waals surface area contributed by atoms with E-state index >= 15 is 0 Å². The second-order valence-corrected chi connectivity index (χ2v) is 3.77. The number of rotatable bonds is 4. The Morgan fingerprint density at radius 1 is 1.50 bits per heavy atom. The van der Waals surface area contributed by atoms with Crippen molar-refractivity contribution in [3.8, 4) is 5.69 Å². The van der Waals surface area contributed by atoms with E-state index in [1.54, 1.807) is 30.8 Å². The molecule has 2 aromatic rings. The molecule has 94 valence electrons. The highest BCUT2D eigenvalue weighted by atomic mass is 16.6. The van der Waals surface area contributed by atoms with E-state index in [4.69, 9.17) is 0 Å². The van der Waals surface area contributed by atoms with Gasteiger partial charge in [0.05, 0.1) is 17.2 Å². The van der Waals surface area contributed by atoms with E-state index in [2.05, 4.69) is 20.8 Å². The summed E-state index contributed by atoms with van der Waals surface area (Å²) in [5.41, 5.74) is 1.36. The summed E-state index contributed by atoms with van der Waals surface area (Å²) in [5, 5.41) is 25.0. The molecule has 0 fully saturated rings. The van der Waals surface area contributed by atoms with Crippen LogP contribution in [0.1, 0.15) is 11.4 Å². The number of hydrogen-bond donors (Lipinski definition) is 1. The molecule has 0 aliphatic rings. The van der Waals surface area contributed by atoms with Crippen molar-refractivity contribution in [2.24, 2.45) is 0 Å². The summed E-state index contributed by atoms with van der Waals surface area (Å²) >= 11 is 0. The van der Waals surface area contributed by atoms with Crippen molar-refractivity contribution < 1.29 is 4.92 Å². The van der Waals surface area contributed by atoms with Crippen molar-refractivity contribution in [1.82, 2.24) is 25.5 Å². The Balaban J connectivity index is 2.42. The normalized spacial score (nSPS) is 10.6. The van der Waals surface area contributed by atoms with E-state index in [1.807, 2.05) is 0 Å². The van der Waals surface area contributed by atoms with Crippen molar-refractivity contribution in [3.63, 3.8) is 0 Å². The van der Waals surface area contributed by atoms with Gasteiger partial charge < -0.3 is 5.32 Å². The van der Waals surface area contributed by atoms with Gasteiger partial charge in [-0.2, -0.15) is 4.68 Å². The van der Waals surface area contributed by atoms with Gasteiger partial charge in [0.25, 0.3) is 5.69 Å². The first kappa shape index (κ1) is 12.1. The summed E-state index contributed by atoms with van der Waals surface area (Å²) in [4.78, 5) is 10.3. The minimum absolute atomic E-state index is 0.0852. The molecule has 1 aromatic heterocycles. The van der Waals surface area contributed by atoms with E-state index in [0.29, 0.717) is 23.6 Å². The van der Waals surface area contributed by atoms with Crippen LogP contribution in [0.4, 0.5) is 5.69 Å². The fourth-order valence-corrected chi connectivity index (χ4v) is 1.65. The number of nitro benzene ring substituents is 1. The summed E-state index contributed by atoms with van der Waals surface area (Å²) in [7, 11) is 1.79. The van der Waals surface area contributed by atoms with Crippen molar-refractivity contribution in [3.05, 3.63) is 39.7 Å². The average molecular weight is 248 g/mol. The quantitative estimate of drug-likeness (QED) is 0.628. The average Bonchev–Trinajstić information content (AvgIpc) is 2.77. The molecule has 0 aliphatic heterocycles. The monoisotopic (exact) mass is 248 g/mol. The molecular weight excluding hydrogens is 236 g/mol. The van der Waals surface area contributed by atoms with Crippen LogP contribution in [-0.2, 0) is 6.54 Å². The van der Waals surface area contributed by atoms with Gasteiger partial charge in [-0.15, -0.1) is 5.10 Å². The van der Waals surface area contributed by atoms with Crippen LogP contribution in [-0.4, -0.2) is 32.2 Å². The Kier molecular flexibility index (Phi) is 3.28. The van der Waals surface area contributed by atoms with Gasteiger partial charge in [-0.05, 0) is 36.5 Å². The first-order valence-corrected chi connectivity index (χ1v) is 5.30. The van der Waals surface area contributed by atoms with Gasteiger partial charge in [0.1, 0.15) is 0 Å². The summed E-state index contributed by atoms with van der Waals surface area (Å²) in [6.45, 7) is 2.20. The Morgan fingerprint density at radius 3 is 2.89 bits per heavy atom. The van der Waals surface area contributed by atoms with Crippen LogP contribution >= 0.6 is 0 Å². The van der Waals surface area contributed by atoms with E-state index in [9.17, 15) is 10.1 Å². The zero-order valence-electron chi connectivity index (χ0n) is 9.99. The largest absolute Gasteiger partial charge is 0.313 e. The molecule has 18 heavy (non-hydrogen) atoms. The van der Waals surface area contributed by atoms with Crippen LogP contribution in [0.25, 0.3) is 5.69 Å². The Labute approximate surface area is 103 Å². The van der Waals surface area contributed by atoms with Crippen LogP contribution in [0.15, 0.2) is 18.2 Å². The van der Waals surface area contributed by atoms with Crippen molar-refractivity contribution in [2.45, 2.75) is 13.5 Å². The third-order valence-electron chi connectivity index (χ3n) is 2.49. The first-order chi connectivity index (χ1) is 8.63. The Bertz CT molecular complexity index is 579. The standard InChI is InChI=1S/C10H12N6O2/c1-7-5-8(3-4-9(7)16(17)18)15-10(6-11-2)12-13-14-15/h3-5,11H,6H2,1-2H3. The molecule has 1 aromatic carbocycles. The predicted octanol–water partition coefficient (Wildman–Crippen LogP) is 0.598. The van der Waals surface area contributed by atoms with Gasteiger partial charge in [0.15, 0.2) is 5.82 Å². The number of benzene rings is 1. The lowest BCUT2D eigenvalue weighted by atomic mass is 10.2. The molecule has 0 unspecified atom stereocenters. The Hall–Kier alpha value is -2.35. The minimum atomic E-state index is -0.410. The fraction of sp³-hybridized carbons (Fsp3) is 0.300. The van der Waals surface area contributed by atoms with Crippen molar-refractivity contribution >= 4 is 5.69 Å². The molecule has 0 atom stereocenters. The molecule has 2 rings (SSSR count). The van der Waals surface area contributed by atoms with Crippen LogP contribution in [0.2, 0.25) is 0 Å². The second kappa shape index (κ2) is 4.88. The number of nitrogens with zero attached hydrogens (tertiary/aromatic N) is 5. The zero-order valence-corrected chi connectivity index (χ0v) is 9.99. The van der Waals surface area contributed by atoms with Gasteiger partial charge in [0.2, 0.25) is 0 Å². The molecule has 0 saturated carbocycles. The highest BCUT2D eigenvalue weighted by Gasteiger charge is 2.13. The zero-order chi connectivity index (χ0) is 13.1. The SMILES string of the molecule is CNCc1nnnn1-c1ccc([N+](=O)[O-])c(C)c1. The molecule has 0 radical (unpaired) electrons. The van der Waals surface area contributed by atoms with Crippen LogP contribution < -0.4 is 5.32 Å². The molecule has 1 heterocycles. The predicted molar refractivity (Wildman–Crippen MR) is 63.3 cm³/mol. The smallest absolute Gasteiger partial charge is 0.272 e. The second-order valence-electron chi connectivity index (χ2n) is 3.77. The first-order valence-electron chi connectivity index (χ1n) is 5.30. The number of aromatic nitrogens is 4. The summed E-state index contributed by atoms with van der Waals surface area (Å²) < 4.78 is 1.55. The lowest BCUT2D eigenvalue weighted by Gasteiger charge is -2.05. The number of tetrazole rings is 1. The molecule has 0 amide bonds. The van der Waals surface area contributed by atoms with Gasteiger partial charge in [-0.3, -0.25) is 10.1 Å². The summed E-state index contributed by atoms with van der Waals surface area (Å²) in [5.74, 6) is 0.644.